The fraction of sp³-hybridized carbons (Fsp3) is 0.467. The second-order valence-corrected chi connectivity index (χ2v) is 5.23. The van der Waals surface area contributed by atoms with Crippen LogP contribution in [0.2, 0.25) is 0 Å². The van der Waals surface area contributed by atoms with Crippen molar-refractivity contribution in [2.24, 2.45) is 0 Å². The number of fused-ring (bicyclic) bond motifs is 1. The lowest BCUT2D eigenvalue weighted by atomic mass is 9.97. The van der Waals surface area contributed by atoms with E-state index in [9.17, 15) is 9.59 Å². The number of aliphatic carboxylic acids is 1. The maximum absolute atomic E-state index is 12.3. The van der Waals surface area contributed by atoms with Gasteiger partial charge in [0, 0.05) is 17.8 Å². The lowest BCUT2D eigenvalue weighted by Crippen LogP contribution is -2.47. The zero-order valence-electron chi connectivity index (χ0n) is 11.9. The molecule has 2 unspecified atom stereocenters. The van der Waals surface area contributed by atoms with Gasteiger partial charge in [0.25, 0.3) is 0 Å². The summed E-state index contributed by atoms with van der Waals surface area (Å²) in [5.41, 5.74) is 2.72. The van der Waals surface area contributed by atoms with Gasteiger partial charge in [-0.2, -0.15) is 0 Å². The molecule has 0 radical (unpaired) electrons. The van der Waals surface area contributed by atoms with Crippen molar-refractivity contribution in [1.29, 1.82) is 0 Å². The minimum atomic E-state index is -1.17. The molecular weight excluding hydrogens is 272 g/mol. The molecule has 114 valence electrons. The smallest absolute Gasteiger partial charge is 0.323 e. The Morgan fingerprint density at radius 3 is 2.86 bits per heavy atom. The van der Waals surface area contributed by atoms with Crippen molar-refractivity contribution >= 4 is 17.4 Å². The number of hydrogen-bond acceptors (Lipinski definition) is 5. The van der Waals surface area contributed by atoms with Crippen LogP contribution in [0.15, 0.2) is 18.2 Å². The number of aliphatic hydroxyl groups excluding tert-OH is 1. The van der Waals surface area contributed by atoms with Crippen LogP contribution in [0.3, 0.4) is 0 Å². The van der Waals surface area contributed by atoms with Gasteiger partial charge in [0.1, 0.15) is 6.04 Å². The fourth-order valence-electron chi connectivity index (χ4n) is 2.46. The minimum Gasteiger partial charge on any atom is -0.480 e. The Morgan fingerprint density at radius 2 is 2.19 bits per heavy atom. The number of hydrogen-bond donors (Lipinski definition) is 4. The van der Waals surface area contributed by atoms with Crippen molar-refractivity contribution in [1.82, 2.24) is 5.32 Å². The van der Waals surface area contributed by atoms with Gasteiger partial charge in [-0.15, -0.1) is 0 Å². The molecule has 1 aromatic rings. The Morgan fingerprint density at radius 1 is 1.43 bits per heavy atom. The average molecular weight is 292 g/mol. The summed E-state index contributed by atoms with van der Waals surface area (Å²) in [5.74, 6) is -1.35. The molecule has 0 fully saturated rings. The molecule has 1 aromatic carbocycles. The molecule has 0 bridgehead atoms. The van der Waals surface area contributed by atoms with Gasteiger partial charge in [-0.25, -0.2) is 0 Å². The summed E-state index contributed by atoms with van der Waals surface area (Å²) in [5, 5.41) is 23.8. The molecule has 6 nitrogen and oxygen atoms in total. The quantitative estimate of drug-likeness (QED) is 0.575. The molecule has 0 aliphatic carbocycles. The van der Waals surface area contributed by atoms with Crippen molar-refractivity contribution in [2.45, 2.75) is 31.8 Å². The predicted molar refractivity (Wildman–Crippen MR) is 78.7 cm³/mol. The molecule has 6 heteroatoms. The van der Waals surface area contributed by atoms with Crippen LogP contribution in [0, 0.1) is 0 Å². The second kappa shape index (κ2) is 6.69. The number of rotatable bonds is 6. The summed E-state index contributed by atoms with van der Waals surface area (Å²) in [7, 11) is 0. The number of Topliss-reactive ketones (excluding diaryl/α,β-unsaturated/α-hetero) is 1. The molecule has 1 aliphatic rings. The molecule has 2 atom stereocenters. The number of carbonyl (C=O) groups is 2. The van der Waals surface area contributed by atoms with Gasteiger partial charge in [-0.1, -0.05) is 0 Å². The van der Waals surface area contributed by atoms with E-state index in [-0.39, 0.29) is 5.78 Å². The van der Waals surface area contributed by atoms with Crippen molar-refractivity contribution in [3.05, 3.63) is 29.3 Å². The number of nitrogens with one attached hydrogen (secondary N) is 2. The normalized spacial score (nSPS) is 16.5. The molecule has 1 heterocycles. The van der Waals surface area contributed by atoms with Gasteiger partial charge in [0.05, 0.1) is 12.6 Å². The van der Waals surface area contributed by atoms with Gasteiger partial charge in [-0.05, 0) is 43.5 Å². The van der Waals surface area contributed by atoms with Gasteiger partial charge in [0.2, 0.25) is 0 Å². The van der Waals surface area contributed by atoms with Crippen LogP contribution in [0.25, 0.3) is 0 Å². The number of carboxylic acid groups (broad SMARTS) is 1. The molecule has 4 N–H and O–H groups in total. The van der Waals surface area contributed by atoms with Gasteiger partial charge >= 0.3 is 5.97 Å². The first-order chi connectivity index (χ1) is 10.0. The maximum Gasteiger partial charge on any atom is 0.323 e. The first kappa shape index (κ1) is 15.5. The Hall–Kier alpha value is -1.92. The number of aliphatic hydroxyl groups is 1. The van der Waals surface area contributed by atoms with E-state index in [2.05, 4.69) is 10.6 Å². The zero-order chi connectivity index (χ0) is 15.4. The van der Waals surface area contributed by atoms with E-state index in [0.29, 0.717) is 5.56 Å². The summed E-state index contributed by atoms with van der Waals surface area (Å²) >= 11 is 0. The van der Waals surface area contributed by atoms with Crippen molar-refractivity contribution in [3.63, 3.8) is 0 Å². The lowest BCUT2D eigenvalue weighted by molar-refractivity contribution is -0.140. The zero-order valence-corrected chi connectivity index (χ0v) is 11.9. The molecule has 0 saturated heterocycles. The van der Waals surface area contributed by atoms with Gasteiger partial charge in [0.15, 0.2) is 5.78 Å². The number of carboxylic acids is 1. The highest BCUT2D eigenvalue weighted by atomic mass is 16.4. The van der Waals surface area contributed by atoms with E-state index in [1.165, 1.54) is 0 Å². The summed E-state index contributed by atoms with van der Waals surface area (Å²) < 4.78 is 0. The summed E-state index contributed by atoms with van der Waals surface area (Å²) in [4.78, 5) is 23.2. The fourth-order valence-corrected chi connectivity index (χ4v) is 2.46. The van der Waals surface area contributed by atoms with Crippen LogP contribution in [-0.2, 0) is 11.2 Å². The molecule has 21 heavy (non-hydrogen) atoms. The molecule has 0 spiro atoms. The van der Waals surface area contributed by atoms with Crippen LogP contribution in [0.5, 0.6) is 0 Å². The predicted octanol–water partition coefficient (Wildman–Crippen LogP) is 0.651. The van der Waals surface area contributed by atoms with Crippen LogP contribution in [-0.4, -0.2) is 47.2 Å². The SMILES string of the molecule is CC(NC(CO)C(=O)O)C(=O)c1ccc2c(c1)CCCN2. The Bertz CT molecular complexity index is 544. The van der Waals surface area contributed by atoms with Crippen LogP contribution < -0.4 is 10.6 Å². The van der Waals surface area contributed by atoms with Crippen LogP contribution in [0.4, 0.5) is 5.69 Å². The summed E-state index contributed by atoms with van der Waals surface area (Å²) in [6.45, 7) is 1.99. The third-order valence-corrected chi connectivity index (χ3v) is 3.65. The van der Waals surface area contributed by atoms with Crippen molar-refractivity contribution in [2.75, 3.05) is 18.5 Å². The number of anilines is 1. The average Bonchev–Trinajstić information content (AvgIpc) is 2.50. The highest BCUT2D eigenvalue weighted by Crippen LogP contribution is 2.23. The molecule has 0 saturated carbocycles. The van der Waals surface area contributed by atoms with Crippen LogP contribution >= 0.6 is 0 Å². The highest BCUT2D eigenvalue weighted by Gasteiger charge is 2.23. The van der Waals surface area contributed by atoms with Crippen LogP contribution in [0.1, 0.15) is 29.3 Å². The Balaban J connectivity index is 2.10. The van der Waals surface area contributed by atoms with Crippen molar-refractivity contribution < 1.29 is 19.8 Å². The number of carbonyl (C=O) groups excluding carboxylic acids is 1. The second-order valence-electron chi connectivity index (χ2n) is 5.23. The van der Waals surface area contributed by atoms with Crippen molar-refractivity contribution in [3.8, 4) is 0 Å². The summed E-state index contributed by atoms with van der Waals surface area (Å²) in [6, 6.07) is 3.68. The van der Waals surface area contributed by atoms with Gasteiger partial charge in [-0.3, -0.25) is 14.9 Å². The largest absolute Gasteiger partial charge is 0.480 e. The van der Waals surface area contributed by atoms with E-state index >= 15 is 0 Å². The molecule has 1 aliphatic heterocycles. The van der Waals surface area contributed by atoms with E-state index in [1.807, 2.05) is 12.1 Å². The maximum atomic E-state index is 12.3. The third kappa shape index (κ3) is 3.59. The van der Waals surface area contributed by atoms with E-state index < -0.39 is 24.7 Å². The first-order valence-corrected chi connectivity index (χ1v) is 7.03. The van der Waals surface area contributed by atoms with E-state index in [0.717, 1.165) is 30.6 Å². The Kier molecular flexibility index (Phi) is 4.93. The molecule has 2 rings (SSSR count). The number of benzene rings is 1. The minimum absolute atomic E-state index is 0.178. The van der Waals surface area contributed by atoms with Gasteiger partial charge < -0.3 is 15.5 Å². The highest BCUT2D eigenvalue weighted by molar-refractivity contribution is 6.00. The molecule has 0 amide bonds. The molecular formula is C15H20N2O4. The number of aryl methyl sites for hydroxylation is 1. The standard InChI is InChI=1S/C15H20N2O4/c1-9(17-13(8-18)15(20)21)14(19)11-4-5-12-10(7-11)3-2-6-16-12/h4-5,7,9,13,16-18H,2-3,6,8H2,1H3,(H,20,21). The number of ketones is 1. The monoisotopic (exact) mass is 292 g/mol. The Labute approximate surface area is 123 Å². The summed E-state index contributed by atoms with van der Waals surface area (Å²) in [6.07, 6.45) is 1.96. The third-order valence-electron chi connectivity index (χ3n) is 3.65. The topological polar surface area (TPSA) is 98.7 Å². The lowest BCUT2D eigenvalue weighted by Gasteiger charge is -2.20. The molecule has 0 aromatic heterocycles. The van der Waals surface area contributed by atoms with E-state index in [4.69, 9.17) is 10.2 Å². The first-order valence-electron chi connectivity index (χ1n) is 7.03. The van der Waals surface area contributed by atoms with E-state index in [1.54, 1.807) is 13.0 Å².